The predicted octanol–water partition coefficient (Wildman–Crippen LogP) is 3.37. The Kier molecular flexibility index (Phi) is 4.94. The molecule has 1 aromatic rings. The maximum absolute atomic E-state index is 13.6. The molecule has 0 radical (unpaired) electrons. The highest BCUT2D eigenvalue weighted by Crippen LogP contribution is 2.25. The van der Waals surface area contributed by atoms with E-state index in [2.05, 4.69) is 18.7 Å². The van der Waals surface area contributed by atoms with E-state index < -0.39 is 6.10 Å². The van der Waals surface area contributed by atoms with Crippen molar-refractivity contribution in [3.05, 3.63) is 35.6 Å². The zero-order valence-electron chi connectivity index (χ0n) is 11.8. The lowest BCUT2D eigenvalue weighted by atomic mass is 9.93. The van der Waals surface area contributed by atoms with Crippen molar-refractivity contribution < 1.29 is 9.50 Å². The second kappa shape index (κ2) is 6.49. The van der Waals surface area contributed by atoms with Gasteiger partial charge in [0.2, 0.25) is 0 Å². The maximum atomic E-state index is 13.6. The molecule has 0 saturated carbocycles. The van der Waals surface area contributed by atoms with Crippen molar-refractivity contribution in [3.63, 3.8) is 0 Å². The van der Waals surface area contributed by atoms with Crippen LogP contribution < -0.4 is 0 Å². The van der Waals surface area contributed by atoms with Crippen LogP contribution in [0, 0.1) is 11.7 Å². The van der Waals surface area contributed by atoms with Gasteiger partial charge in [-0.15, -0.1) is 0 Å². The Bertz CT molecular complexity index is 409. The molecule has 1 aliphatic rings. The molecule has 1 aromatic carbocycles. The second-order valence-electron chi connectivity index (χ2n) is 5.84. The first-order valence-electron chi connectivity index (χ1n) is 7.24. The van der Waals surface area contributed by atoms with Crippen molar-refractivity contribution >= 4 is 0 Å². The summed E-state index contributed by atoms with van der Waals surface area (Å²) in [4.78, 5) is 2.41. The molecule has 19 heavy (non-hydrogen) atoms. The molecule has 2 nitrogen and oxygen atoms in total. The van der Waals surface area contributed by atoms with Crippen LogP contribution in [0.3, 0.4) is 0 Å². The normalized spacial score (nSPS) is 26.3. The van der Waals surface area contributed by atoms with Crippen LogP contribution in [0.4, 0.5) is 4.39 Å². The van der Waals surface area contributed by atoms with Crippen molar-refractivity contribution in [2.45, 2.75) is 45.3 Å². The standard InChI is InChI=1S/C16H24FNO/c1-12-7-9-18(13(2)11-12)10-8-16(19)14-5-3-4-6-15(14)17/h3-6,12-13,16,19H,7-11H2,1-2H3. The van der Waals surface area contributed by atoms with E-state index in [-0.39, 0.29) is 5.82 Å². The van der Waals surface area contributed by atoms with Gasteiger partial charge in [-0.05, 0) is 44.7 Å². The topological polar surface area (TPSA) is 23.5 Å². The maximum Gasteiger partial charge on any atom is 0.128 e. The van der Waals surface area contributed by atoms with E-state index in [0.29, 0.717) is 18.0 Å². The van der Waals surface area contributed by atoms with Crippen LogP contribution >= 0.6 is 0 Å². The fourth-order valence-electron chi connectivity index (χ4n) is 2.98. The smallest absolute Gasteiger partial charge is 0.128 e. The number of benzene rings is 1. The molecule has 3 atom stereocenters. The molecule has 0 amide bonds. The van der Waals surface area contributed by atoms with Gasteiger partial charge in [0.1, 0.15) is 5.82 Å². The van der Waals surface area contributed by atoms with Crippen LogP contribution in [0.15, 0.2) is 24.3 Å². The van der Waals surface area contributed by atoms with E-state index >= 15 is 0 Å². The molecular formula is C16H24FNO. The van der Waals surface area contributed by atoms with Crippen molar-refractivity contribution in [1.29, 1.82) is 0 Å². The Morgan fingerprint density at radius 1 is 1.37 bits per heavy atom. The predicted molar refractivity (Wildman–Crippen MR) is 75.4 cm³/mol. The highest BCUT2D eigenvalue weighted by Gasteiger charge is 2.23. The molecule has 1 N–H and O–H groups in total. The monoisotopic (exact) mass is 265 g/mol. The summed E-state index contributed by atoms with van der Waals surface area (Å²) in [7, 11) is 0. The zero-order valence-corrected chi connectivity index (χ0v) is 11.8. The fourth-order valence-corrected chi connectivity index (χ4v) is 2.98. The quantitative estimate of drug-likeness (QED) is 0.902. The zero-order chi connectivity index (χ0) is 13.8. The van der Waals surface area contributed by atoms with E-state index in [1.165, 1.54) is 18.9 Å². The molecule has 0 aliphatic carbocycles. The minimum atomic E-state index is -0.701. The molecule has 1 heterocycles. The number of nitrogens with zero attached hydrogens (tertiary/aromatic N) is 1. The average molecular weight is 265 g/mol. The number of aliphatic hydroxyl groups is 1. The number of piperidine rings is 1. The van der Waals surface area contributed by atoms with Crippen LogP contribution in [0.2, 0.25) is 0 Å². The van der Waals surface area contributed by atoms with Gasteiger partial charge in [0.25, 0.3) is 0 Å². The second-order valence-corrected chi connectivity index (χ2v) is 5.84. The molecule has 1 saturated heterocycles. The summed E-state index contributed by atoms with van der Waals surface area (Å²) in [6.07, 6.45) is 2.34. The van der Waals surface area contributed by atoms with Gasteiger partial charge >= 0.3 is 0 Å². The number of rotatable bonds is 4. The van der Waals surface area contributed by atoms with Gasteiger partial charge in [-0.2, -0.15) is 0 Å². The number of aliphatic hydroxyl groups excluding tert-OH is 1. The number of likely N-dealkylation sites (tertiary alicyclic amines) is 1. The Hall–Kier alpha value is -0.930. The lowest BCUT2D eigenvalue weighted by Gasteiger charge is -2.36. The summed E-state index contributed by atoms with van der Waals surface area (Å²) in [6.45, 7) is 6.46. The summed E-state index contributed by atoms with van der Waals surface area (Å²) in [5.74, 6) is 0.484. The van der Waals surface area contributed by atoms with Crippen LogP contribution in [0.5, 0.6) is 0 Å². The molecule has 0 aromatic heterocycles. The summed E-state index contributed by atoms with van der Waals surface area (Å²) in [5.41, 5.74) is 0.417. The van der Waals surface area contributed by atoms with E-state index in [4.69, 9.17) is 0 Å². The van der Waals surface area contributed by atoms with Gasteiger partial charge in [0, 0.05) is 18.2 Å². The largest absolute Gasteiger partial charge is 0.388 e. The van der Waals surface area contributed by atoms with Gasteiger partial charge in [-0.3, -0.25) is 0 Å². The molecular weight excluding hydrogens is 241 g/mol. The minimum absolute atomic E-state index is 0.310. The van der Waals surface area contributed by atoms with Gasteiger partial charge in [0.05, 0.1) is 6.10 Å². The molecule has 2 rings (SSSR count). The third kappa shape index (κ3) is 3.77. The van der Waals surface area contributed by atoms with E-state index in [1.807, 2.05) is 0 Å². The van der Waals surface area contributed by atoms with Crippen LogP contribution in [0.1, 0.15) is 44.8 Å². The minimum Gasteiger partial charge on any atom is -0.388 e. The molecule has 1 aliphatic heterocycles. The van der Waals surface area contributed by atoms with Gasteiger partial charge in [-0.1, -0.05) is 25.1 Å². The Labute approximate surface area is 115 Å². The first kappa shape index (κ1) is 14.5. The first-order chi connectivity index (χ1) is 9.08. The molecule has 3 heteroatoms. The molecule has 106 valence electrons. The van der Waals surface area contributed by atoms with Gasteiger partial charge < -0.3 is 10.0 Å². The van der Waals surface area contributed by atoms with Crippen molar-refractivity contribution in [2.24, 2.45) is 5.92 Å². The summed E-state index contributed by atoms with van der Waals surface area (Å²) in [6, 6.07) is 7.06. The fraction of sp³-hybridized carbons (Fsp3) is 0.625. The van der Waals surface area contributed by atoms with E-state index in [0.717, 1.165) is 19.0 Å². The van der Waals surface area contributed by atoms with Gasteiger partial charge in [0.15, 0.2) is 0 Å². The highest BCUT2D eigenvalue weighted by atomic mass is 19.1. The van der Waals surface area contributed by atoms with Crippen LogP contribution in [-0.4, -0.2) is 29.1 Å². The van der Waals surface area contributed by atoms with Crippen LogP contribution in [0.25, 0.3) is 0 Å². The Balaban J connectivity index is 1.87. The Morgan fingerprint density at radius 2 is 2.11 bits per heavy atom. The van der Waals surface area contributed by atoms with E-state index in [9.17, 15) is 9.50 Å². The number of halogens is 1. The molecule has 0 bridgehead atoms. The third-order valence-corrected chi connectivity index (χ3v) is 4.23. The van der Waals surface area contributed by atoms with E-state index in [1.54, 1.807) is 18.2 Å². The van der Waals surface area contributed by atoms with Crippen molar-refractivity contribution in [2.75, 3.05) is 13.1 Å². The molecule has 3 unspecified atom stereocenters. The third-order valence-electron chi connectivity index (χ3n) is 4.23. The van der Waals surface area contributed by atoms with Gasteiger partial charge in [-0.25, -0.2) is 4.39 Å². The Morgan fingerprint density at radius 3 is 2.79 bits per heavy atom. The lowest BCUT2D eigenvalue weighted by Crippen LogP contribution is -2.41. The van der Waals surface area contributed by atoms with Crippen molar-refractivity contribution in [1.82, 2.24) is 4.90 Å². The average Bonchev–Trinajstić information content (AvgIpc) is 2.38. The highest BCUT2D eigenvalue weighted by molar-refractivity contribution is 5.19. The van der Waals surface area contributed by atoms with Crippen LogP contribution in [-0.2, 0) is 0 Å². The SMILES string of the molecule is CC1CCN(CCC(O)c2ccccc2F)C(C)C1. The molecule has 1 fully saturated rings. The first-order valence-corrected chi connectivity index (χ1v) is 7.24. The van der Waals surface area contributed by atoms with Crippen molar-refractivity contribution in [3.8, 4) is 0 Å². The lowest BCUT2D eigenvalue weighted by molar-refractivity contribution is 0.0928. The summed E-state index contributed by atoms with van der Waals surface area (Å²) < 4.78 is 13.6. The number of hydrogen-bond donors (Lipinski definition) is 1. The number of hydrogen-bond acceptors (Lipinski definition) is 2. The summed E-state index contributed by atoms with van der Waals surface area (Å²) >= 11 is 0. The molecule has 0 spiro atoms. The summed E-state index contributed by atoms with van der Waals surface area (Å²) in [5, 5.41) is 10.1.